The Morgan fingerprint density at radius 3 is 2.12 bits per heavy atom. The quantitative estimate of drug-likeness (QED) is 0.507. The van der Waals surface area contributed by atoms with Crippen molar-refractivity contribution < 1.29 is 14.9 Å². The van der Waals surface area contributed by atoms with Crippen molar-refractivity contribution in [3.05, 3.63) is 0 Å². The Morgan fingerprint density at radius 2 is 1.45 bits per heavy atom. The first-order chi connectivity index (χ1) is 15.3. The summed E-state index contributed by atoms with van der Waals surface area (Å²) in [5.41, 5.74) is 1.36. The molecule has 0 radical (unpaired) electrons. The van der Waals surface area contributed by atoms with E-state index in [1.807, 2.05) is 13.8 Å². The van der Waals surface area contributed by atoms with Crippen LogP contribution < -0.4 is 0 Å². The van der Waals surface area contributed by atoms with Gasteiger partial charge in [0.2, 0.25) is 0 Å². The van der Waals surface area contributed by atoms with Crippen LogP contribution in [0, 0.1) is 50.7 Å². The molecule has 10 atom stereocenters. The molecule has 3 nitrogen and oxygen atoms in total. The van der Waals surface area contributed by atoms with Crippen molar-refractivity contribution >= 4 is 0 Å². The Labute approximate surface area is 202 Å². The predicted octanol–water partition coefficient (Wildman–Crippen LogP) is 6.35. The zero-order valence-electron chi connectivity index (χ0n) is 22.3. The third kappa shape index (κ3) is 2.74. The zero-order valence-corrected chi connectivity index (χ0v) is 22.3. The monoisotopic (exact) mass is 458 g/mol. The first-order valence-electron chi connectivity index (χ1n) is 14.3. The van der Waals surface area contributed by atoms with Gasteiger partial charge >= 0.3 is 0 Å². The van der Waals surface area contributed by atoms with Crippen molar-refractivity contribution in [2.45, 2.75) is 130 Å². The third-order valence-corrected chi connectivity index (χ3v) is 13.8. The van der Waals surface area contributed by atoms with Crippen molar-refractivity contribution in [1.29, 1.82) is 0 Å². The third-order valence-electron chi connectivity index (χ3n) is 13.8. The van der Waals surface area contributed by atoms with Gasteiger partial charge in [-0.2, -0.15) is 0 Å². The number of hydrogen-bond acceptors (Lipinski definition) is 3. The van der Waals surface area contributed by atoms with Crippen LogP contribution in [0.1, 0.15) is 112 Å². The molecular weight excluding hydrogens is 408 g/mol. The van der Waals surface area contributed by atoms with E-state index in [0.29, 0.717) is 27.6 Å². The zero-order chi connectivity index (χ0) is 23.7. The summed E-state index contributed by atoms with van der Waals surface area (Å²) in [5, 5.41) is 21.3. The van der Waals surface area contributed by atoms with E-state index in [1.165, 1.54) is 57.8 Å². The van der Waals surface area contributed by atoms with Gasteiger partial charge in [-0.05, 0) is 135 Å². The van der Waals surface area contributed by atoms with Gasteiger partial charge in [0.1, 0.15) is 0 Å². The fraction of sp³-hybridized carbons (Fsp3) is 1.00. The molecule has 0 aromatic heterocycles. The van der Waals surface area contributed by atoms with E-state index < -0.39 is 5.60 Å². The number of rotatable bonds is 2. The topological polar surface area (TPSA) is 49.7 Å². The molecule has 0 amide bonds. The van der Waals surface area contributed by atoms with Gasteiger partial charge in [-0.15, -0.1) is 0 Å². The van der Waals surface area contributed by atoms with Crippen LogP contribution in [-0.4, -0.2) is 34.6 Å². The van der Waals surface area contributed by atoms with E-state index in [1.54, 1.807) is 0 Å². The predicted molar refractivity (Wildman–Crippen MR) is 132 cm³/mol. The summed E-state index contributed by atoms with van der Waals surface area (Å²) in [5.74, 6) is 3.04. The molecule has 33 heavy (non-hydrogen) atoms. The van der Waals surface area contributed by atoms with Gasteiger partial charge < -0.3 is 14.9 Å². The van der Waals surface area contributed by atoms with Crippen molar-refractivity contribution in [1.82, 2.24) is 0 Å². The maximum absolute atomic E-state index is 10.9. The fourth-order valence-electron chi connectivity index (χ4n) is 11.8. The van der Waals surface area contributed by atoms with Crippen molar-refractivity contribution in [3.8, 4) is 0 Å². The molecule has 1 aliphatic heterocycles. The number of ether oxygens (including phenoxy) is 1. The van der Waals surface area contributed by atoms with Crippen LogP contribution in [0.25, 0.3) is 0 Å². The second-order valence-corrected chi connectivity index (χ2v) is 15.3. The Bertz CT molecular complexity index is 806. The standard InChI is InChI=1S/C30H50O3/c1-25(2)21-8-9-22-28(6)13-11-20(19-7-10-24(33-17-19)26(3,4)32)27(28,5)15-16-30(22)18-29(21,30)14-12-23(25)31/h19-24,31-32H,7-18H2,1-6H3/t19?,20?,21?,22?,23?,24?,27-,28+,29-,30+/m1/s1. The van der Waals surface area contributed by atoms with Gasteiger partial charge in [-0.3, -0.25) is 0 Å². The summed E-state index contributed by atoms with van der Waals surface area (Å²) in [6.07, 6.45) is 14.2. The number of aliphatic hydroxyl groups is 2. The van der Waals surface area contributed by atoms with E-state index in [2.05, 4.69) is 27.7 Å². The van der Waals surface area contributed by atoms with Crippen LogP contribution in [0.4, 0.5) is 0 Å². The highest BCUT2D eigenvalue weighted by atomic mass is 16.5. The van der Waals surface area contributed by atoms with Crippen LogP contribution in [0.15, 0.2) is 0 Å². The van der Waals surface area contributed by atoms with Gasteiger partial charge in [0, 0.05) is 0 Å². The molecular formula is C30H50O3. The Kier molecular flexibility index (Phi) is 4.80. The highest BCUT2D eigenvalue weighted by Crippen LogP contribution is 2.89. The fourth-order valence-corrected chi connectivity index (χ4v) is 11.8. The molecule has 188 valence electrons. The van der Waals surface area contributed by atoms with Crippen LogP contribution in [0.5, 0.6) is 0 Å². The maximum Gasteiger partial charge on any atom is 0.0856 e. The average molecular weight is 459 g/mol. The normalized spacial score (nSPS) is 57.5. The van der Waals surface area contributed by atoms with Gasteiger partial charge in [0.15, 0.2) is 0 Å². The van der Waals surface area contributed by atoms with Crippen LogP contribution in [0.2, 0.25) is 0 Å². The largest absolute Gasteiger partial charge is 0.393 e. The molecule has 5 saturated carbocycles. The van der Waals surface area contributed by atoms with Gasteiger partial charge in [0.05, 0.1) is 24.4 Å². The van der Waals surface area contributed by atoms with Crippen molar-refractivity contribution in [2.75, 3.05) is 6.61 Å². The van der Waals surface area contributed by atoms with E-state index in [0.717, 1.165) is 37.2 Å². The minimum atomic E-state index is -0.726. The minimum absolute atomic E-state index is 0.00410. The molecule has 1 saturated heterocycles. The second kappa shape index (κ2) is 6.80. The molecule has 2 spiro atoms. The van der Waals surface area contributed by atoms with Crippen LogP contribution in [-0.2, 0) is 4.74 Å². The van der Waals surface area contributed by atoms with Crippen LogP contribution in [0.3, 0.4) is 0 Å². The molecule has 0 bridgehead atoms. The van der Waals surface area contributed by atoms with E-state index in [-0.39, 0.29) is 17.6 Å². The highest BCUT2D eigenvalue weighted by Gasteiger charge is 2.82. The van der Waals surface area contributed by atoms with E-state index in [9.17, 15) is 10.2 Å². The summed E-state index contributed by atoms with van der Waals surface area (Å²) in [7, 11) is 0. The first-order valence-corrected chi connectivity index (χ1v) is 14.3. The van der Waals surface area contributed by atoms with E-state index >= 15 is 0 Å². The van der Waals surface area contributed by atoms with E-state index in [4.69, 9.17) is 4.74 Å². The lowest BCUT2D eigenvalue weighted by Crippen LogP contribution is -2.58. The van der Waals surface area contributed by atoms with Crippen molar-refractivity contribution in [3.63, 3.8) is 0 Å². The summed E-state index contributed by atoms with van der Waals surface area (Å²) < 4.78 is 6.29. The molecule has 0 aromatic rings. The van der Waals surface area contributed by atoms with Gasteiger partial charge in [-0.1, -0.05) is 27.7 Å². The Hall–Kier alpha value is -0.120. The first kappa shape index (κ1) is 23.3. The smallest absolute Gasteiger partial charge is 0.0856 e. The number of fused-ring (bicyclic) bond motifs is 2. The van der Waals surface area contributed by atoms with Gasteiger partial charge in [0.25, 0.3) is 0 Å². The molecule has 5 aliphatic carbocycles. The molecule has 3 heteroatoms. The average Bonchev–Trinajstić information content (AvgIpc) is 3.33. The Balaban J connectivity index is 1.25. The summed E-state index contributed by atoms with van der Waals surface area (Å²) >= 11 is 0. The molecule has 0 aromatic carbocycles. The molecule has 6 rings (SSSR count). The minimum Gasteiger partial charge on any atom is -0.393 e. The van der Waals surface area contributed by atoms with Crippen molar-refractivity contribution in [2.24, 2.45) is 50.7 Å². The van der Waals surface area contributed by atoms with Crippen LogP contribution >= 0.6 is 0 Å². The SMILES string of the molecule is CC(C)(O)C1CCC(C2CC[C@@]3(C)C4CCC5C(C)(C)C(O)CC[C@@]56C[C@@]46CC[C@]23C)CO1. The van der Waals surface area contributed by atoms with Gasteiger partial charge in [-0.25, -0.2) is 0 Å². The molecule has 2 N–H and O–H groups in total. The summed E-state index contributed by atoms with van der Waals surface area (Å²) in [4.78, 5) is 0. The Morgan fingerprint density at radius 1 is 0.758 bits per heavy atom. The second-order valence-electron chi connectivity index (χ2n) is 15.3. The molecule has 6 aliphatic rings. The molecule has 6 unspecified atom stereocenters. The summed E-state index contributed by atoms with van der Waals surface area (Å²) in [6, 6.07) is 0. The molecule has 1 heterocycles. The summed E-state index contributed by atoms with van der Waals surface area (Å²) in [6.45, 7) is 14.8. The molecule has 6 fully saturated rings. The lowest BCUT2D eigenvalue weighted by molar-refractivity contribution is -0.172. The lowest BCUT2D eigenvalue weighted by Gasteiger charge is -2.63. The number of aliphatic hydroxyl groups excluding tert-OH is 1. The lowest BCUT2D eigenvalue weighted by atomic mass is 9.41. The highest BCUT2D eigenvalue weighted by molar-refractivity contribution is 5.30. The maximum atomic E-state index is 10.9. The number of hydrogen-bond donors (Lipinski definition) is 2.